The van der Waals surface area contributed by atoms with E-state index >= 15 is 4.79 Å². The van der Waals surface area contributed by atoms with Gasteiger partial charge in [-0.25, -0.2) is 4.79 Å². The molecule has 4 saturated carbocycles. The fourth-order valence-corrected chi connectivity index (χ4v) is 21.1. The van der Waals surface area contributed by atoms with E-state index in [2.05, 4.69) is 40.7 Å². The standard InChI is InChI=1S/C74H116O37/c1-25-38-31-13-14-35-70(9)17-16-37(104-67-58(109-65-50(91)45(86)42(83)33(22-75)103-65)55(52(93)56(107-67)60(94)95)106-62-48(89)43(84)39(80)26(2)98-62)71(10,24-76)34(70)15-18-72(35,11)73(31,12)21-36(79)74(38,20-19-69(25,7)8)68(96)111-66-59(57(54(29(5)101-66)102-30(6)77)108-63-49(90)44(85)40(81)27(3)99-63)110-64-51(92)46(87)53(28(4)100-64)105-61-47(88)41(82)32(78)23-97-61/h13,24-29,32-59,61-67,75,78-93H,14-23H2,1-12H3,(H,94,95)/t25-,26+,27+,28+,29-,32-,33-,34-,35-,36-,37+,38+,39+,40+,41+,42+,43-,44-,45+,46+,47-,48-,49-,50-,51-,52+,53+,54+,55+,56+,57+,58-,59-,61+,62+,63+,64+,65+,66+,67-,70+,71+,72-,73-,74+/m1/s1. The summed E-state index contributed by atoms with van der Waals surface area (Å²) in [7, 11) is 0. The molecule has 11 fully saturated rings. The maximum atomic E-state index is 16.4. The molecule has 7 heterocycles. The average molecular weight is 1600 g/mol. The van der Waals surface area contributed by atoms with Crippen LogP contribution in [0.5, 0.6) is 0 Å². The number of fused-ring (bicyclic) bond motifs is 7. The van der Waals surface area contributed by atoms with Gasteiger partial charge in [0.2, 0.25) is 6.29 Å². The van der Waals surface area contributed by atoms with E-state index in [1.807, 2.05) is 6.92 Å². The number of hydrogen-bond acceptors (Lipinski definition) is 36. The van der Waals surface area contributed by atoms with Gasteiger partial charge in [0.1, 0.15) is 134 Å². The molecular weight excluding hydrogens is 1480 g/mol. The number of aliphatic carboxylic acids is 1. The minimum Gasteiger partial charge on any atom is -0.479 e. The number of carbonyl (C=O) groups is 4. The first-order valence-electron chi connectivity index (χ1n) is 38.6. The quantitative estimate of drug-likeness (QED) is 0.0265. The summed E-state index contributed by atoms with van der Waals surface area (Å²) in [6.07, 6.45) is -59.1. The third-order valence-electron chi connectivity index (χ3n) is 28.3. The molecule has 0 aromatic heterocycles. The highest BCUT2D eigenvalue weighted by atomic mass is 16.8. The van der Waals surface area contributed by atoms with Crippen molar-refractivity contribution in [2.45, 2.75) is 355 Å². The lowest BCUT2D eigenvalue weighted by atomic mass is 9.32. The average Bonchev–Trinajstić information content (AvgIpc) is 0.667. The van der Waals surface area contributed by atoms with E-state index < -0.39 is 302 Å². The molecule has 37 nitrogen and oxygen atoms in total. The van der Waals surface area contributed by atoms with Crippen molar-refractivity contribution < 1.29 is 182 Å². The Hall–Kier alpha value is -3.38. The van der Waals surface area contributed by atoms with Gasteiger partial charge in [0.05, 0.1) is 55.3 Å². The van der Waals surface area contributed by atoms with Gasteiger partial charge in [-0.15, -0.1) is 0 Å². The van der Waals surface area contributed by atoms with Crippen molar-refractivity contribution in [2.75, 3.05) is 13.2 Å². The smallest absolute Gasteiger partial charge is 0.335 e. The first-order chi connectivity index (χ1) is 51.9. The minimum absolute atomic E-state index is 0.0208. The van der Waals surface area contributed by atoms with Gasteiger partial charge in [0.25, 0.3) is 0 Å². The molecule has 0 radical (unpaired) electrons. The molecule has 634 valence electrons. The lowest BCUT2D eigenvalue weighted by Gasteiger charge is -2.72. The van der Waals surface area contributed by atoms with Crippen molar-refractivity contribution in [3.63, 3.8) is 0 Å². The zero-order valence-corrected chi connectivity index (χ0v) is 64.1. The highest BCUT2D eigenvalue weighted by Crippen LogP contribution is 2.77. The van der Waals surface area contributed by atoms with Crippen molar-refractivity contribution in [3.05, 3.63) is 11.6 Å². The Bertz CT molecular complexity index is 3320. The summed E-state index contributed by atoms with van der Waals surface area (Å²) in [5.41, 5.74) is -5.32. The lowest BCUT2D eigenvalue weighted by Crippen LogP contribution is -2.70. The molecule has 12 aliphatic rings. The molecule has 7 aliphatic heterocycles. The molecule has 0 spiro atoms. The Balaban J connectivity index is 0.859. The van der Waals surface area contributed by atoms with Crippen LogP contribution in [-0.2, 0) is 90.2 Å². The monoisotopic (exact) mass is 1600 g/mol. The Morgan fingerprint density at radius 3 is 1.59 bits per heavy atom. The second-order valence-electron chi connectivity index (χ2n) is 34.9. The van der Waals surface area contributed by atoms with E-state index in [9.17, 15) is 106 Å². The topological polar surface area (TPSA) is 571 Å². The van der Waals surface area contributed by atoms with E-state index in [1.165, 1.54) is 27.7 Å². The number of aldehydes is 1. The summed E-state index contributed by atoms with van der Waals surface area (Å²) >= 11 is 0. The van der Waals surface area contributed by atoms with Crippen LogP contribution in [-0.4, -0.2) is 350 Å². The molecular formula is C74H116O37. The van der Waals surface area contributed by atoms with Crippen LogP contribution in [0.1, 0.15) is 134 Å². The van der Waals surface area contributed by atoms with Crippen molar-refractivity contribution >= 4 is 24.2 Å². The molecule has 0 unspecified atom stereocenters. The maximum absolute atomic E-state index is 16.4. The second-order valence-corrected chi connectivity index (χ2v) is 34.9. The Kier molecular flexibility index (Phi) is 25.4. The molecule has 111 heavy (non-hydrogen) atoms. The van der Waals surface area contributed by atoms with Crippen molar-refractivity contribution in [1.82, 2.24) is 0 Å². The van der Waals surface area contributed by atoms with E-state index in [4.69, 9.17) is 71.1 Å². The van der Waals surface area contributed by atoms with Crippen LogP contribution in [0.25, 0.3) is 0 Å². The molecule has 18 N–H and O–H groups in total. The molecule has 7 saturated heterocycles. The fraction of sp³-hybridized carbons (Fsp3) is 0.919. The summed E-state index contributed by atoms with van der Waals surface area (Å²) in [5.74, 6) is -5.60. The largest absolute Gasteiger partial charge is 0.479 e. The van der Waals surface area contributed by atoms with E-state index in [-0.39, 0.29) is 25.2 Å². The SMILES string of the molecule is CC(=O)O[C@@H]1[C@H](O[C@@H]2O[C@@H](C)[C@H](O)[C@@H](O)[C@H]2O)[C@@H](O[C@@H]2O[C@@H](C)[C@H](O[C@@H]3OC[C@@H](O)[C@H](O)[C@H]3O)[C@@H](O)[C@H]2O)[C@H](OC(=O)[C@]23CCC(C)(C)[C@H](C)[C@H]2C2=CC[C@@H]4[C@@]5(C)CC[C@H](O[C@@H]6O[C@H](C(=O)O)[C@@H](O)[C@H](O[C@@H]7O[C@@H](C)[C@H](O)[C@@H](O)[C@H]7O)[C@H]6O[C@@H]6O[C@H](CO)[C@H](O)[C@H](O)[C@H]6O)[C@@](C)(C=O)[C@@H]5CC[C@@]4(C)[C@]2(C)C[C@H]3O)O[C@@H]1C. The molecule has 12 rings (SSSR count). The lowest BCUT2D eigenvalue weighted by molar-refractivity contribution is -0.394. The molecule has 45 atom stereocenters. The summed E-state index contributed by atoms with van der Waals surface area (Å²) < 4.78 is 92.2. The summed E-state index contributed by atoms with van der Waals surface area (Å²) in [6.45, 7) is 19.5. The number of esters is 2. The number of aliphatic hydroxyl groups is 17. The third-order valence-corrected chi connectivity index (χ3v) is 28.3. The van der Waals surface area contributed by atoms with Gasteiger partial charge < -0.3 is 168 Å². The van der Waals surface area contributed by atoms with Crippen LogP contribution in [0.3, 0.4) is 0 Å². The number of carbonyl (C=O) groups excluding carboxylic acids is 3. The molecule has 37 heteroatoms. The van der Waals surface area contributed by atoms with Gasteiger partial charge >= 0.3 is 17.9 Å². The minimum atomic E-state index is -2.25. The number of hydrogen-bond donors (Lipinski definition) is 18. The predicted molar refractivity (Wildman–Crippen MR) is 365 cm³/mol. The molecule has 0 amide bonds. The number of allylic oxidation sites excluding steroid dienone is 2. The van der Waals surface area contributed by atoms with E-state index in [0.717, 1.165) is 18.8 Å². The zero-order valence-electron chi connectivity index (χ0n) is 64.1. The van der Waals surface area contributed by atoms with Crippen molar-refractivity contribution in [2.24, 2.45) is 56.2 Å². The van der Waals surface area contributed by atoms with E-state index in [0.29, 0.717) is 32.1 Å². The van der Waals surface area contributed by atoms with Gasteiger partial charge in [-0.3, -0.25) is 9.59 Å². The molecule has 0 aromatic carbocycles. The predicted octanol–water partition coefficient (Wildman–Crippen LogP) is -4.75. The molecule has 5 aliphatic carbocycles. The first kappa shape index (κ1) is 86.9. The van der Waals surface area contributed by atoms with Gasteiger partial charge in [-0.1, -0.05) is 60.1 Å². The summed E-state index contributed by atoms with van der Waals surface area (Å²) in [5, 5.41) is 200. The van der Waals surface area contributed by atoms with Crippen LogP contribution in [0.2, 0.25) is 0 Å². The van der Waals surface area contributed by atoms with Crippen LogP contribution in [0.4, 0.5) is 0 Å². The number of rotatable bonds is 18. The Morgan fingerprint density at radius 2 is 1.01 bits per heavy atom. The van der Waals surface area contributed by atoms with Crippen LogP contribution < -0.4 is 0 Å². The Morgan fingerprint density at radius 1 is 0.495 bits per heavy atom. The summed E-state index contributed by atoms with van der Waals surface area (Å²) in [6, 6.07) is 0. The van der Waals surface area contributed by atoms with Gasteiger partial charge in [-0.2, -0.15) is 0 Å². The highest BCUT2D eigenvalue weighted by Gasteiger charge is 2.74. The van der Waals surface area contributed by atoms with Crippen molar-refractivity contribution in [3.8, 4) is 0 Å². The summed E-state index contributed by atoms with van der Waals surface area (Å²) in [4.78, 5) is 57.0. The second kappa shape index (κ2) is 32.4. The molecule has 0 bridgehead atoms. The van der Waals surface area contributed by atoms with Crippen LogP contribution in [0.15, 0.2) is 11.6 Å². The maximum Gasteiger partial charge on any atom is 0.335 e. The number of carboxylic acid groups (broad SMARTS) is 1. The highest BCUT2D eigenvalue weighted by molar-refractivity contribution is 5.80. The number of ether oxygens (including phenoxy) is 15. The van der Waals surface area contributed by atoms with Gasteiger partial charge in [0.15, 0.2) is 56.1 Å². The number of aliphatic hydroxyl groups excluding tert-OH is 17. The third kappa shape index (κ3) is 14.8. The molecule has 0 aromatic rings. The van der Waals surface area contributed by atoms with Gasteiger partial charge in [-0.05, 0) is 118 Å². The first-order valence-corrected chi connectivity index (χ1v) is 38.6. The number of carboxylic acids is 1. The fourth-order valence-electron chi connectivity index (χ4n) is 21.1. The van der Waals surface area contributed by atoms with E-state index in [1.54, 1.807) is 6.92 Å². The van der Waals surface area contributed by atoms with Crippen LogP contribution >= 0.6 is 0 Å². The normalized spacial score (nSPS) is 54.7. The zero-order chi connectivity index (χ0) is 81.5. The van der Waals surface area contributed by atoms with Crippen molar-refractivity contribution in [1.29, 1.82) is 0 Å². The van der Waals surface area contributed by atoms with Gasteiger partial charge in [0, 0.05) is 12.8 Å². The Labute approximate surface area is 640 Å². The van der Waals surface area contributed by atoms with Crippen LogP contribution in [0, 0.1) is 56.2 Å².